The molecule has 0 spiro atoms. The number of rotatable bonds is 1. The maximum absolute atomic E-state index is 11.2. The Kier molecular flexibility index (Phi) is 5.66. The third kappa shape index (κ3) is 12.2. The molecule has 0 aliphatic rings. The van der Waals surface area contributed by atoms with Gasteiger partial charge >= 0.3 is 37.8 Å². The zero-order chi connectivity index (χ0) is 14.6. The van der Waals surface area contributed by atoms with Crippen molar-refractivity contribution in [1.82, 2.24) is 0 Å². The van der Waals surface area contributed by atoms with Gasteiger partial charge in [-0.05, 0) is 11.1 Å². The summed E-state index contributed by atoms with van der Waals surface area (Å²) in [4.78, 5) is 0. The van der Waals surface area contributed by atoms with E-state index in [0.29, 0.717) is 0 Å². The second-order valence-corrected chi connectivity index (χ2v) is 9.16. The number of halogens is 6. The fraction of sp³-hybridized carbons (Fsp3) is 0. The van der Waals surface area contributed by atoms with Crippen LogP contribution in [0.5, 0.6) is 0 Å². The van der Waals surface area contributed by atoms with E-state index in [-0.39, 0.29) is 14.9 Å². The van der Waals surface area contributed by atoms with E-state index in [0.717, 1.165) is 0 Å². The topological polar surface area (TPSA) is 0 Å². The minimum absolute atomic E-state index is 0. The van der Waals surface area contributed by atoms with Gasteiger partial charge in [0.2, 0.25) is 0 Å². The molecule has 0 radical (unpaired) electrons. The van der Waals surface area contributed by atoms with E-state index in [1.54, 1.807) is 0 Å². The van der Waals surface area contributed by atoms with Crippen LogP contribution in [0.2, 0.25) is 0 Å². The smallest absolute Gasteiger partial charge is 0.0622 e. The molecule has 0 saturated carbocycles. The molecule has 0 heterocycles. The fourth-order valence-electron chi connectivity index (χ4n) is 1.26. The van der Waals surface area contributed by atoms with Crippen LogP contribution in [0.3, 0.4) is 0 Å². The molecule has 0 bridgehead atoms. The molecule has 0 unspecified atom stereocenters. The molecule has 8 heteroatoms. The van der Waals surface area contributed by atoms with Gasteiger partial charge in [0.05, 0.1) is 0 Å². The molecule has 0 aliphatic heterocycles. The van der Waals surface area contributed by atoms with Crippen LogP contribution < -0.4 is 0 Å². The van der Waals surface area contributed by atoms with Crippen molar-refractivity contribution in [2.24, 2.45) is 0 Å². The molecule has 2 aromatic rings. The molecular formula is C12H13F6SSb. The van der Waals surface area contributed by atoms with Crippen LogP contribution >= 0.6 is 13.5 Å². The molecule has 0 nitrogen and oxygen atoms in total. The molecule has 0 N–H and O–H groups in total. The zero-order valence-corrected chi connectivity index (χ0v) is 13.5. The van der Waals surface area contributed by atoms with Crippen molar-refractivity contribution >= 4 is 33.0 Å². The van der Waals surface area contributed by atoms with Gasteiger partial charge in [0.25, 0.3) is 0 Å². The van der Waals surface area contributed by atoms with E-state index in [4.69, 9.17) is 0 Å². The summed E-state index contributed by atoms with van der Waals surface area (Å²) in [5, 5.41) is 0. The minimum Gasteiger partial charge on any atom is -0.0622 e. The van der Waals surface area contributed by atoms with Gasteiger partial charge < -0.3 is 0 Å². The molecule has 0 amide bonds. The van der Waals surface area contributed by atoms with Gasteiger partial charge in [-0.2, -0.15) is 13.5 Å². The van der Waals surface area contributed by atoms with Crippen LogP contribution in [0.4, 0.5) is 16.9 Å². The Labute approximate surface area is 123 Å². The Bertz CT molecular complexity index is 480. The van der Waals surface area contributed by atoms with Crippen LogP contribution in [0, 0.1) is 0 Å². The third-order valence-corrected chi connectivity index (χ3v) is 1.88. The summed E-state index contributed by atoms with van der Waals surface area (Å²) in [7, 11) is 0. The number of hydrogen-bond acceptors (Lipinski definition) is 0. The van der Waals surface area contributed by atoms with Gasteiger partial charge in [0, 0.05) is 0 Å². The number of benzene rings is 2. The largest absolute Gasteiger partial charge is 1.00 e. The Balaban J connectivity index is 0. The van der Waals surface area contributed by atoms with Crippen molar-refractivity contribution in [1.29, 1.82) is 0 Å². The summed E-state index contributed by atoms with van der Waals surface area (Å²) in [6.07, 6.45) is 0. The quantitative estimate of drug-likeness (QED) is 0.405. The van der Waals surface area contributed by atoms with Crippen molar-refractivity contribution in [3.05, 3.63) is 60.7 Å². The average molecular weight is 425 g/mol. The first-order valence-electron chi connectivity index (χ1n) is 5.09. The summed E-state index contributed by atoms with van der Waals surface area (Å²) in [6.45, 7) is 0. The second-order valence-electron chi connectivity index (χ2n) is 3.69. The molecule has 2 aromatic carbocycles. The van der Waals surface area contributed by atoms with E-state index >= 15 is 0 Å². The van der Waals surface area contributed by atoms with Gasteiger partial charge in [0.1, 0.15) is 0 Å². The van der Waals surface area contributed by atoms with Gasteiger partial charge in [-0.25, -0.2) is 0 Å². The minimum atomic E-state index is -11.2. The zero-order valence-electron chi connectivity index (χ0n) is 11.0. The third-order valence-electron chi connectivity index (χ3n) is 1.88. The first kappa shape index (κ1) is 19.2. The Morgan fingerprint density at radius 3 is 0.950 bits per heavy atom. The molecule has 0 fully saturated rings. The Morgan fingerprint density at radius 1 is 0.550 bits per heavy atom. The summed E-state index contributed by atoms with van der Waals surface area (Å²) < 4.78 is 59.6. The molecule has 114 valence electrons. The first-order chi connectivity index (χ1) is 8.42. The SMILES string of the molecule is S.[F][Sb-]([F])([F])([F])([F])[F].[H+].c1ccc(-c2ccccc2)cc1. The van der Waals surface area contributed by atoms with Crippen molar-refractivity contribution in [2.75, 3.05) is 0 Å². The van der Waals surface area contributed by atoms with Crippen molar-refractivity contribution in [3.8, 4) is 11.1 Å². The van der Waals surface area contributed by atoms with Gasteiger partial charge in [-0.15, -0.1) is 0 Å². The summed E-state index contributed by atoms with van der Waals surface area (Å²) in [5.74, 6) is 0. The van der Waals surface area contributed by atoms with Gasteiger partial charge in [0.15, 0.2) is 0 Å². The average Bonchev–Trinajstić information content (AvgIpc) is 2.27. The second kappa shape index (κ2) is 5.90. The Hall–Kier alpha value is -0.812. The van der Waals surface area contributed by atoms with Gasteiger partial charge in [-0.3, -0.25) is 0 Å². The van der Waals surface area contributed by atoms with E-state index in [1.807, 2.05) is 12.1 Å². The predicted molar refractivity (Wildman–Crippen MR) is 75.8 cm³/mol. The number of hydrogen-bond donors (Lipinski definition) is 0. The van der Waals surface area contributed by atoms with Crippen molar-refractivity contribution in [2.45, 2.75) is 0 Å². The molecule has 20 heavy (non-hydrogen) atoms. The summed E-state index contributed by atoms with van der Waals surface area (Å²) in [5.41, 5.74) is 2.55. The van der Waals surface area contributed by atoms with Crippen molar-refractivity contribution in [3.63, 3.8) is 0 Å². The normalized spacial score (nSPS) is 13.9. The standard InChI is InChI=1S/C12H10.6FH.H2S.Sb/c1-3-7-11(8-4-1)12-9-5-2-6-10-12;;;;;;;;/h1-10H;6*1H;1H2;/q;;;;;;;;+5/p-5. The molecule has 0 aromatic heterocycles. The monoisotopic (exact) mass is 424 g/mol. The van der Waals surface area contributed by atoms with E-state index in [9.17, 15) is 16.9 Å². The maximum atomic E-state index is 9.93. The summed E-state index contributed by atoms with van der Waals surface area (Å²) >= 11 is -11.2. The molecule has 0 aliphatic carbocycles. The van der Waals surface area contributed by atoms with E-state index in [2.05, 4.69) is 48.5 Å². The van der Waals surface area contributed by atoms with Gasteiger partial charge in [-0.1, -0.05) is 60.7 Å². The van der Waals surface area contributed by atoms with Crippen LogP contribution in [-0.4, -0.2) is 19.5 Å². The molecular weight excluding hydrogens is 412 g/mol. The summed E-state index contributed by atoms with van der Waals surface area (Å²) in [6, 6.07) is 20.8. The molecule has 2 rings (SSSR count). The fourth-order valence-corrected chi connectivity index (χ4v) is 1.26. The van der Waals surface area contributed by atoms with Crippen molar-refractivity contribution < 1.29 is 18.3 Å². The molecule has 0 atom stereocenters. The Morgan fingerprint density at radius 2 is 0.750 bits per heavy atom. The predicted octanol–water partition coefficient (Wildman–Crippen LogP) is 5.72. The van der Waals surface area contributed by atoms with E-state index in [1.165, 1.54) is 11.1 Å². The molecule has 0 saturated heterocycles. The van der Waals surface area contributed by atoms with Crippen LogP contribution in [0.1, 0.15) is 1.43 Å². The van der Waals surface area contributed by atoms with Crippen LogP contribution in [0.25, 0.3) is 11.1 Å². The first-order valence-corrected chi connectivity index (χ1v) is 10.9. The van der Waals surface area contributed by atoms with Crippen LogP contribution in [0.15, 0.2) is 60.7 Å². The maximum Gasteiger partial charge on any atom is 1.00 e. The van der Waals surface area contributed by atoms with Crippen LogP contribution in [-0.2, 0) is 0 Å². The van der Waals surface area contributed by atoms with E-state index < -0.39 is 19.5 Å².